The van der Waals surface area contributed by atoms with E-state index in [9.17, 15) is 13.2 Å². The van der Waals surface area contributed by atoms with Crippen molar-refractivity contribution in [2.75, 3.05) is 33.8 Å². The largest absolute Gasteiger partial charge is 0.469 e. The summed E-state index contributed by atoms with van der Waals surface area (Å²) in [5, 5.41) is 2.55. The van der Waals surface area contributed by atoms with Gasteiger partial charge in [0.15, 0.2) is 0 Å². The van der Waals surface area contributed by atoms with E-state index >= 15 is 0 Å². The average Bonchev–Trinajstić information content (AvgIpc) is 2.59. The fourth-order valence-electron chi connectivity index (χ4n) is 3.87. The van der Waals surface area contributed by atoms with Crippen LogP contribution in [-0.4, -0.2) is 57.7 Å². The Hall–Kier alpha value is -0.660. The van der Waals surface area contributed by atoms with E-state index in [1.807, 2.05) is 7.05 Å². The Morgan fingerprint density at radius 3 is 2.43 bits per heavy atom. The maximum absolute atomic E-state index is 13.0. The van der Waals surface area contributed by atoms with E-state index in [-0.39, 0.29) is 5.97 Å². The number of nitrogens with one attached hydrogen (secondary N) is 1. The number of carbonyl (C=O) groups is 1. The maximum Gasteiger partial charge on any atom is 0.310 e. The van der Waals surface area contributed by atoms with E-state index in [4.69, 9.17) is 4.74 Å². The number of hydrogen-bond acceptors (Lipinski definition) is 5. The third kappa shape index (κ3) is 4.45. The van der Waals surface area contributed by atoms with Crippen molar-refractivity contribution >= 4 is 16.0 Å². The zero-order chi connectivity index (χ0) is 16.9. The standard InChI is InChI=1S/C16H30N2O4S/c1-17-10-7-13-8-11-18(12-9-13)23(20,21)15-6-4-3-5-14(15)16(19)22-2/h13-15,17H,3-12H2,1-2H3/t14-,15-/m0/s1. The van der Waals surface area contributed by atoms with Crippen molar-refractivity contribution in [3.63, 3.8) is 0 Å². The molecule has 1 heterocycles. The first-order valence-electron chi connectivity index (χ1n) is 8.72. The Balaban J connectivity index is 2.01. The lowest BCUT2D eigenvalue weighted by Crippen LogP contribution is -2.48. The number of carbonyl (C=O) groups excluding carboxylic acids is 1. The van der Waals surface area contributed by atoms with Gasteiger partial charge in [-0.15, -0.1) is 0 Å². The van der Waals surface area contributed by atoms with E-state index in [0.29, 0.717) is 31.8 Å². The summed E-state index contributed by atoms with van der Waals surface area (Å²) in [6.45, 7) is 2.15. The Morgan fingerprint density at radius 1 is 1.17 bits per heavy atom. The minimum absolute atomic E-state index is 0.373. The van der Waals surface area contributed by atoms with Gasteiger partial charge >= 0.3 is 5.97 Å². The molecule has 2 atom stereocenters. The van der Waals surface area contributed by atoms with Crippen LogP contribution in [0.25, 0.3) is 0 Å². The van der Waals surface area contributed by atoms with Crippen LogP contribution < -0.4 is 5.32 Å². The van der Waals surface area contributed by atoms with Crippen molar-refractivity contribution in [2.45, 2.75) is 50.2 Å². The molecule has 0 amide bonds. The number of rotatable bonds is 6. The zero-order valence-electron chi connectivity index (χ0n) is 14.3. The quantitative estimate of drug-likeness (QED) is 0.735. The number of hydrogen-bond donors (Lipinski definition) is 1. The Labute approximate surface area is 140 Å². The van der Waals surface area contributed by atoms with Gasteiger partial charge in [-0.3, -0.25) is 4.79 Å². The molecule has 0 aromatic carbocycles. The van der Waals surface area contributed by atoms with Crippen LogP contribution >= 0.6 is 0 Å². The predicted molar refractivity (Wildman–Crippen MR) is 89.5 cm³/mol. The van der Waals surface area contributed by atoms with Crippen LogP contribution in [0.5, 0.6) is 0 Å². The topological polar surface area (TPSA) is 75.7 Å². The normalized spacial score (nSPS) is 27.7. The van der Waals surface area contributed by atoms with Gasteiger partial charge in [0.05, 0.1) is 18.3 Å². The number of piperidine rings is 1. The molecule has 0 bridgehead atoms. The third-order valence-corrected chi connectivity index (χ3v) is 7.74. The van der Waals surface area contributed by atoms with Gasteiger partial charge in [-0.1, -0.05) is 12.8 Å². The summed E-state index contributed by atoms with van der Waals surface area (Å²) < 4.78 is 32.5. The van der Waals surface area contributed by atoms with Crippen LogP contribution in [0, 0.1) is 11.8 Å². The first-order chi connectivity index (χ1) is 11.0. The molecule has 7 heteroatoms. The van der Waals surface area contributed by atoms with Crippen LogP contribution in [0.3, 0.4) is 0 Å². The summed E-state index contributed by atoms with van der Waals surface area (Å²) in [5.74, 6) is -0.278. The van der Waals surface area contributed by atoms with E-state index in [0.717, 1.165) is 38.6 Å². The molecule has 0 spiro atoms. The molecule has 1 aliphatic carbocycles. The molecule has 2 fully saturated rings. The molecule has 1 N–H and O–H groups in total. The lowest BCUT2D eigenvalue weighted by molar-refractivity contribution is -0.146. The molecule has 134 valence electrons. The molecule has 0 aromatic rings. The average molecular weight is 346 g/mol. The molecule has 1 saturated heterocycles. The van der Waals surface area contributed by atoms with Crippen LogP contribution in [0.4, 0.5) is 0 Å². The highest BCUT2D eigenvalue weighted by Gasteiger charge is 2.43. The van der Waals surface area contributed by atoms with E-state index in [1.54, 1.807) is 4.31 Å². The fraction of sp³-hybridized carbons (Fsp3) is 0.938. The minimum Gasteiger partial charge on any atom is -0.469 e. The van der Waals surface area contributed by atoms with E-state index in [1.165, 1.54) is 7.11 Å². The van der Waals surface area contributed by atoms with Gasteiger partial charge in [0.2, 0.25) is 10.0 Å². The van der Waals surface area contributed by atoms with Crippen molar-refractivity contribution in [3.8, 4) is 0 Å². The number of ether oxygens (including phenoxy) is 1. The highest BCUT2D eigenvalue weighted by Crippen LogP contribution is 2.34. The molecule has 1 aliphatic heterocycles. The minimum atomic E-state index is -3.42. The molecule has 23 heavy (non-hydrogen) atoms. The second-order valence-electron chi connectivity index (χ2n) is 6.73. The SMILES string of the molecule is CNCCC1CCN(S(=O)(=O)[C@H]2CCCC[C@@H]2C(=O)OC)CC1. The molecule has 2 aliphatic rings. The van der Waals surface area contributed by atoms with Crippen molar-refractivity contribution in [1.82, 2.24) is 9.62 Å². The molecular formula is C16H30N2O4S. The summed E-state index contributed by atoms with van der Waals surface area (Å²) in [5.41, 5.74) is 0. The fourth-order valence-corrected chi connectivity index (χ4v) is 6.10. The van der Waals surface area contributed by atoms with Gasteiger partial charge in [0, 0.05) is 13.1 Å². The molecule has 0 aromatic heterocycles. The summed E-state index contributed by atoms with van der Waals surface area (Å²) in [6.07, 6.45) is 5.89. The Kier molecular flexibility index (Phi) is 6.85. The van der Waals surface area contributed by atoms with E-state index < -0.39 is 21.2 Å². The van der Waals surface area contributed by atoms with Crippen molar-refractivity contribution in [3.05, 3.63) is 0 Å². The van der Waals surface area contributed by atoms with Gasteiger partial charge in [-0.05, 0) is 51.6 Å². The first-order valence-corrected chi connectivity index (χ1v) is 10.2. The Morgan fingerprint density at radius 2 is 1.83 bits per heavy atom. The van der Waals surface area contributed by atoms with Crippen LogP contribution in [0.15, 0.2) is 0 Å². The third-order valence-electron chi connectivity index (χ3n) is 5.33. The highest BCUT2D eigenvalue weighted by molar-refractivity contribution is 7.89. The smallest absolute Gasteiger partial charge is 0.310 e. The van der Waals surface area contributed by atoms with Gasteiger partial charge in [0.25, 0.3) is 0 Å². The lowest BCUT2D eigenvalue weighted by atomic mass is 9.89. The molecule has 1 saturated carbocycles. The second-order valence-corrected chi connectivity index (χ2v) is 8.88. The summed E-state index contributed by atoms with van der Waals surface area (Å²) in [7, 11) is -0.135. The highest BCUT2D eigenvalue weighted by atomic mass is 32.2. The van der Waals surface area contributed by atoms with Crippen molar-refractivity contribution in [2.24, 2.45) is 11.8 Å². The monoisotopic (exact) mass is 346 g/mol. The number of sulfonamides is 1. The zero-order valence-corrected chi connectivity index (χ0v) is 15.1. The van der Waals surface area contributed by atoms with Gasteiger partial charge in [-0.2, -0.15) is 0 Å². The molecular weight excluding hydrogens is 316 g/mol. The number of nitrogens with zero attached hydrogens (tertiary/aromatic N) is 1. The molecule has 0 unspecified atom stereocenters. The van der Waals surface area contributed by atoms with E-state index in [2.05, 4.69) is 5.32 Å². The summed E-state index contributed by atoms with van der Waals surface area (Å²) in [4.78, 5) is 12.0. The molecule has 0 radical (unpaired) electrons. The van der Waals surface area contributed by atoms with Crippen LogP contribution in [0.1, 0.15) is 44.9 Å². The maximum atomic E-state index is 13.0. The first kappa shape index (κ1) is 18.7. The van der Waals surface area contributed by atoms with Crippen LogP contribution in [0.2, 0.25) is 0 Å². The lowest BCUT2D eigenvalue weighted by Gasteiger charge is -2.37. The van der Waals surface area contributed by atoms with Crippen molar-refractivity contribution in [1.29, 1.82) is 0 Å². The summed E-state index contributed by atoms with van der Waals surface area (Å²) in [6, 6.07) is 0. The summed E-state index contributed by atoms with van der Waals surface area (Å²) >= 11 is 0. The second kappa shape index (κ2) is 8.44. The van der Waals surface area contributed by atoms with Gasteiger partial charge in [0.1, 0.15) is 0 Å². The van der Waals surface area contributed by atoms with Gasteiger partial charge in [-0.25, -0.2) is 12.7 Å². The van der Waals surface area contributed by atoms with Crippen LogP contribution in [-0.2, 0) is 19.6 Å². The van der Waals surface area contributed by atoms with Gasteiger partial charge < -0.3 is 10.1 Å². The molecule has 2 rings (SSSR count). The number of methoxy groups -OCH3 is 1. The predicted octanol–water partition coefficient (Wildman–Crippen LogP) is 1.37. The van der Waals surface area contributed by atoms with Crippen molar-refractivity contribution < 1.29 is 17.9 Å². The molecule has 6 nitrogen and oxygen atoms in total. The number of esters is 1. The Bertz CT molecular complexity index is 486.